The first-order valence-electron chi connectivity index (χ1n) is 3.32. The Hall–Kier alpha value is -0.130. The van der Waals surface area contributed by atoms with Crippen LogP contribution in [0.3, 0.4) is 0 Å². The predicted octanol–water partition coefficient (Wildman–Crippen LogP) is 2.38. The van der Waals surface area contributed by atoms with Crippen molar-refractivity contribution >= 4 is 22.6 Å². The molecule has 1 heterocycles. The van der Waals surface area contributed by atoms with Gasteiger partial charge in [-0.1, -0.05) is 0 Å². The van der Waals surface area contributed by atoms with Gasteiger partial charge < -0.3 is 4.57 Å². The Kier molecular flexibility index (Phi) is 2.22. The highest BCUT2D eigenvalue weighted by molar-refractivity contribution is 14.1. The Balaban J connectivity index is 3.13. The van der Waals surface area contributed by atoms with Crippen LogP contribution in [0.15, 0.2) is 6.20 Å². The van der Waals surface area contributed by atoms with Crippen LogP contribution in [-0.2, 0) is 5.54 Å². The lowest BCUT2D eigenvalue weighted by Crippen LogP contribution is -2.22. The van der Waals surface area contributed by atoms with Gasteiger partial charge in [-0.3, -0.25) is 0 Å². The van der Waals surface area contributed by atoms with Gasteiger partial charge in [0, 0.05) is 28.1 Å². The zero-order valence-corrected chi connectivity index (χ0v) is 8.89. The molecule has 4 heteroatoms. The summed E-state index contributed by atoms with van der Waals surface area (Å²) >= 11 is 2.02. The molecule has 0 saturated heterocycles. The summed E-state index contributed by atoms with van der Waals surface area (Å²) in [4.78, 5) is 3.66. The number of nitrogens with zero attached hydrogens (tertiary/aromatic N) is 2. The van der Waals surface area contributed by atoms with Gasteiger partial charge in [0.15, 0.2) is 3.83 Å². The third kappa shape index (κ3) is 1.91. The fourth-order valence-electron chi connectivity index (χ4n) is 0.801. The highest BCUT2D eigenvalue weighted by Crippen LogP contribution is 2.18. The molecule has 1 aromatic heterocycles. The zero-order chi connectivity index (χ0) is 8.65. The summed E-state index contributed by atoms with van der Waals surface area (Å²) in [6, 6.07) is 0. The van der Waals surface area contributed by atoms with Gasteiger partial charge in [-0.2, -0.15) is 9.37 Å². The quantitative estimate of drug-likeness (QED) is 0.660. The van der Waals surface area contributed by atoms with E-state index in [1.54, 1.807) is 0 Å². The molecular formula is C7H10FIN2. The van der Waals surface area contributed by atoms with Crippen molar-refractivity contribution in [3.8, 4) is 0 Å². The average molecular weight is 268 g/mol. The van der Waals surface area contributed by atoms with Gasteiger partial charge >= 0.3 is 0 Å². The van der Waals surface area contributed by atoms with E-state index in [1.807, 2.05) is 47.9 Å². The van der Waals surface area contributed by atoms with Crippen LogP contribution in [0.2, 0.25) is 0 Å². The first-order chi connectivity index (χ1) is 4.91. The first-order valence-corrected chi connectivity index (χ1v) is 4.40. The first kappa shape index (κ1) is 8.96. The minimum absolute atomic E-state index is 0.0894. The largest absolute Gasteiger partial charge is 0.318 e. The number of hydrogen-bond donors (Lipinski definition) is 0. The Morgan fingerprint density at radius 3 is 2.27 bits per heavy atom. The van der Waals surface area contributed by atoms with Crippen LogP contribution in [0.25, 0.3) is 0 Å². The molecule has 0 aliphatic carbocycles. The Morgan fingerprint density at radius 2 is 2.09 bits per heavy atom. The highest BCUT2D eigenvalue weighted by Gasteiger charge is 2.17. The summed E-state index contributed by atoms with van der Waals surface area (Å²) in [7, 11) is 0. The van der Waals surface area contributed by atoms with Crippen LogP contribution in [0, 0.1) is 9.78 Å². The van der Waals surface area contributed by atoms with E-state index >= 15 is 0 Å². The van der Waals surface area contributed by atoms with Crippen LogP contribution in [0.4, 0.5) is 4.39 Å². The van der Waals surface area contributed by atoms with Gasteiger partial charge in [0.1, 0.15) is 0 Å². The molecule has 0 spiro atoms. The maximum atomic E-state index is 12.6. The van der Waals surface area contributed by atoms with Crippen LogP contribution in [0.1, 0.15) is 20.8 Å². The third-order valence-electron chi connectivity index (χ3n) is 1.36. The summed E-state index contributed by atoms with van der Waals surface area (Å²) in [6.45, 7) is 6.03. The molecule has 2 nitrogen and oxygen atoms in total. The van der Waals surface area contributed by atoms with E-state index in [-0.39, 0.29) is 5.54 Å². The summed E-state index contributed by atoms with van der Waals surface area (Å²) in [5, 5.41) is 0. The maximum Gasteiger partial charge on any atom is 0.231 e. The number of hydrogen-bond acceptors (Lipinski definition) is 1. The van der Waals surface area contributed by atoms with Crippen molar-refractivity contribution < 1.29 is 4.39 Å². The minimum Gasteiger partial charge on any atom is -0.318 e. The second-order valence-corrected chi connectivity index (χ2v) is 4.34. The molecular weight excluding hydrogens is 258 g/mol. The van der Waals surface area contributed by atoms with Crippen molar-refractivity contribution in [3.05, 3.63) is 16.0 Å². The Bertz CT molecular complexity index is 262. The summed E-state index contributed by atoms with van der Waals surface area (Å²) in [5.41, 5.74) is -0.0894. The fraction of sp³-hybridized carbons (Fsp3) is 0.571. The molecule has 0 radical (unpaired) electrons. The summed E-state index contributed by atoms with van der Waals surface area (Å²) < 4.78 is 15.1. The van der Waals surface area contributed by atoms with E-state index in [4.69, 9.17) is 0 Å². The van der Waals surface area contributed by atoms with Gasteiger partial charge in [-0.15, -0.1) is 0 Å². The van der Waals surface area contributed by atoms with E-state index in [0.29, 0.717) is 3.83 Å². The molecule has 11 heavy (non-hydrogen) atoms. The molecule has 0 atom stereocenters. The SMILES string of the molecule is CC(C)(C)n1cc(F)nc1I. The lowest BCUT2D eigenvalue weighted by atomic mass is 10.1. The van der Waals surface area contributed by atoms with Crippen molar-refractivity contribution in [2.45, 2.75) is 26.3 Å². The fourth-order valence-corrected chi connectivity index (χ4v) is 1.89. The molecule has 0 unspecified atom stereocenters. The number of aromatic nitrogens is 2. The number of rotatable bonds is 0. The highest BCUT2D eigenvalue weighted by atomic mass is 127. The van der Waals surface area contributed by atoms with Gasteiger partial charge in [0.2, 0.25) is 5.95 Å². The van der Waals surface area contributed by atoms with Gasteiger partial charge in [-0.25, -0.2) is 0 Å². The average Bonchev–Trinajstić information content (AvgIpc) is 2.08. The number of imidazole rings is 1. The monoisotopic (exact) mass is 268 g/mol. The van der Waals surface area contributed by atoms with Crippen LogP contribution < -0.4 is 0 Å². The van der Waals surface area contributed by atoms with Gasteiger partial charge in [0.05, 0.1) is 6.20 Å². The van der Waals surface area contributed by atoms with Crippen LogP contribution >= 0.6 is 22.6 Å². The van der Waals surface area contributed by atoms with Gasteiger partial charge in [0.25, 0.3) is 0 Å². The van der Waals surface area contributed by atoms with Crippen molar-refractivity contribution in [2.75, 3.05) is 0 Å². The Labute approximate surface area is 79.0 Å². The number of halogens is 2. The third-order valence-corrected chi connectivity index (χ3v) is 2.12. The topological polar surface area (TPSA) is 17.8 Å². The van der Waals surface area contributed by atoms with Crippen molar-refractivity contribution in [3.63, 3.8) is 0 Å². The van der Waals surface area contributed by atoms with Gasteiger partial charge in [-0.05, 0) is 20.8 Å². The van der Waals surface area contributed by atoms with Crippen LogP contribution in [-0.4, -0.2) is 9.55 Å². The van der Waals surface area contributed by atoms with E-state index in [2.05, 4.69) is 4.98 Å². The molecule has 0 amide bonds. The second-order valence-electron chi connectivity index (χ2n) is 3.37. The molecule has 0 N–H and O–H groups in total. The molecule has 0 fully saturated rings. The molecule has 0 aliphatic rings. The van der Waals surface area contributed by atoms with Crippen molar-refractivity contribution in [1.82, 2.24) is 9.55 Å². The van der Waals surface area contributed by atoms with Crippen molar-refractivity contribution in [1.29, 1.82) is 0 Å². The van der Waals surface area contributed by atoms with E-state index in [1.165, 1.54) is 6.20 Å². The molecule has 0 aliphatic heterocycles. The lowest BCUT2D eigenvalue weighted by Gasteiger charge is -2.20. The zero-order valence-electron chi connectivity index (χ0n) is 6.73. The standard InChI is InChI=1S/C7H10FIN2/c1-7(2,3)11-4-5(8)10-6(11)9/h4H,1-3H3. The molecule has 0 aromatic carbocycles. The predicted molar refractivity (Wildman–Crippen MR) is 49.9 cm³/mol. The normalized spacial score (nSPS) is 12.1. The Morgan fingerprint density at radius 1 is 1.55 bits per heavy atom. The van der Waals surface area contributed by atoms with E-state index in [9.17, 15) is 4.39 Å². The molecule has 1 rings (SSSR count). The van der Waals surface area contributed by atoms with E-state index in [0.717, 1.165) is 0 Å². The molecule has 0 saturated carbocycles. The molecule has 1 aromatic rings. The van der Waals surface area contributed by atoms with Crippen molar-refractivity contribution in [2.24, 2.45) is 0 Å². The molecule has 62 valence electrons. The lowest BCUT2D eigenvalue weighted by molar-refractivity contribution is 0.386. The van der Waals surface area contributed by atoms with E-state index < -0.39 is 5.95 Å². The maximum absolute atomic E-state index is 12.6. The molecule has 0 bridgehead atoms. The van der Waals surface area contributed by atoms with Crippen LogP contribution in [0.5, 0.6) is 0 Å². The summed E-state index contributed by atoms with van der Waals surface area (Å²) in [6.07, 6.45) is 1.42. The second kappa shape index (κ2) is 2.73. The summed E-state index contributed by atoms with van der Waals surface area (Å²) in [5.74, 6) is -0.413. The minimum atomic E-state index is -0.413. The smallest absolute Gasteiger partial charge is 0.231 e.